The van der Waals surface area contributed by atoms with Gasteiger partial charge >= 0.3 is 0 Å². The molecule has 0 saturated heterocycles. The molecule has 2 atom stereocenters. The van der Waals surface area contributed by atoms with Gasteiger partial charge in [-0.05, 0) is 29.8 Å². The van der Waals surface area contributed by atoms with Crippen LogP contribution in [0.25, 0.3) is 0 Å². The van der Waals surface area contributed by atoms with Gasteiger partial charge in [-0.15, -0.1) is 0 Å². The van der Waals surface area contributed by atoms with Gasteiger partial charge in [0.25, 0.3) is 0 Å². The standard InChI is InChI=1S/C17H21NO3/c1-18(14-8-10-15(21-2)11-9-14)17(16(20)12-19)13-6-4-3-5-7-13/h3-11,16-17,19-20H,12H2,1-2H3/t16-,17+/m0/s1. The number of hydrogen-bond donors (Lipinski definition) is 2. The van der Waals surface area contributed by atoms with Crippen LogP contribution in [0.2, 0.25) is 0 Å². The average molecular weight is 287 g/mol. The Bertz CT molecular complexity index is 542. The number of likely N-dealkylation sites (N-methyl/N-ethyl adjacent to an activating group) is 1. The second kappa shape index (κ2) is 7.11. The summed E-state index contributed by atoms with van der Waals surface area (Å²) in [6, 6.07) is 17.0. The number of rotatable bonds is 6. The van der Waals surface area contributed by atoms with Crippen molar-refractivity contribution < 1.29 is 14.9 Å². The summed E-state index contributed by atoms with van der Waals surface area (Å²) < 4.78 is 5.15. The predicted molar refractivity (Wildman–Crippen MR) is 83.7 cm³/mol. The Morgan fingerprint density at radius 3 is 2.19 bits per heavy atom. The van der Waals surface area contributed by atoms with Crippen LogP contribution >= 0.6 is 0 Å². The molecule has 0 bridgehead atoms. The van der Waals surface area contributed by atoms with Gasteiger partial charge in [-0.1, -0.05) is 30.3 Å². The van der Waals surface area contributed by atoms with E-state index < -0.39 is 6.10 Å². The molecule has 2 aromatic rings. The first kappa shape index (κ1) is 15.4. The fraction of sp³-hybridized carbons (Fsp3) is 0.294. The first-order valence-electron chi connectivity index (χ1n) is 6.88. The van der Waals surface area contributed by atoms with Crippen molar-refractivity contribution in [3.63, 3.8) is 0 Å². The van der Waals surface area contributed by atoms with Crippen molar-refractivity contribution in [1.82, 2.24) is 0 Å². The fourth-order valence-electron chi connectivity index (χ4n) is 2.43. The highest BCUT2D eigenvalue weighted by molar-refractivity contribution is 5.51. The van der Waals surface area contributed by atoms with Gasteiger partial charge in [0.15, 0.2) is 0 Å². The molecule has 0 aliphatic rings. The van der Waals surface area contributed by atoms with Crippen molar-refractivity contribution in [3.05, 3.63) is 60.2 Å². The maximum Gasteiger partial charge on any atom is 0.119 e. The molecule has 0 saturated carbocycles. The Morgan fingerprint density at radius 2 is 1.67 bits per heavy atom. The highest BCUT2D eigenvalue weighted by Gasteiger charge is 2.25. The van der Waals surface area contributed by atoms with Crippen LogP contribution < -0.4 is 9.64 Å². The number of aliphatic hydroxyl groups excluding tert-OH is 2. The quantitative estimate of drug-likeness (QED) is 0.855. The maximum absolute atomic E-state index is 10.2. The molecule has 0 aromatic heterocycles. The molecule has 0 heterocycles. The molecule has 0 unspecified atom stereocenters. The second-order valence-electron chi connectivity index (χ2n) is 4.91. The van der Waals surface area contributed by atoms with Gasteiger partial charge in [0.1, 0.15) is 11.9 Å². The zero-order valence-corrected chi connectivity index (χ0v) is 12.3. The van der Waals surface area contributed by atoms with E-state index in [0.29, 0.717) is 0 Å². The fourth-order valence-corrected chi connectivity index (χ4v) is 2.43. The van der Waals surface area contributed by atoms with Crippen LogP contribution in [0.4, 0.5) is 5.69 Å². The number of aliphatic hydroxyl groups is 2. The molecule has 0 aliphatic carbocycles. The number of ether oxygens (including phenoxy) is 1. The van der Waals surface area contributed by atoms with E-state index in [1.165, 1.54) is 0 Å². The third-order valence-corrected chi connectivity index (χ3v) is 3.59. The zero-order valence-electron chi connectivity index (χ0n) is 12.3. The summed E-state index contributed by atoms with van der Waals surface area (Å²) in [6.45, 7) is -0.292. The number of benzene rings is 2. The van der Waals surface area contributed by atoms with Crippen LogP contribution in [0.1, 0.15) is 11.6 Å². The molecule has 21 heavy (non-hydrogen) atoms. The van der Waals surface area contributed by atoms with Crippen LogP contribution in [0.5, 0.6) is 5.75 Å². The number of anilines is 1. The monoisotopic (exact) mass is 287 g/mol. The first-order chi connectivity index (χ1) is 10.2. The van der Waals surface area contributed by atoms with Crippen LogP contribution in [0.3, 0.4) is 0 Å². The molecule has 0 fully saturated rings. The summed E-state index contributed by atoms with van der Waals surface area (Å²) >= 11 is 0. The van der Waals surface area contributed by atoms with Gasteiger partial charge in [0.2, 0.25) is 0 Å². The summed E-state index contributed by atoms with van der Waals surface area (Å²) in [7, 11) is 3.53. The highest BCUT2D eigenvalue weighted by Crippen LogP contribution is 2.29. The zero-order chi connectivity index (χ0) is 15.2. The van der Waals surface area contributed by atoms with Crippen LogP contribution in [0, 0.1) is 0 Å². The Kier molecular flexibility index (Phi) is 5.20. The van der Waals surface area contributed by atoms with E-state index in [0.717, 1.165) is 17.0 Å². The molecule has 0 amide bonds. The van der Waals surface area contributed by atoms with Gasteiger partial charge in [0, 0.05) is 12.7 Å². The second-order valence-corrected chi connectivity index (χ2v) is 4.91. The summed E-state index contributed by atoms with van der Waals surface area (Å²) in [5.74, 6) is 0.783. The molecule has 112 valence electrons. The van der Waals surface area contributed by atoms with Crippen molar-refractivity contribution >= 4 is 5.69 Å². The molecular formula is C17H21NO3. The summed E-state index contributed by atoms with van der Waals surface area (Å²) in [4.78, 5) is 1.95. The van der Waals surface area contributed by atoms with E-state index in [2.05, 4.69) is 0 Å². The molecule has 2 aromatic carbocycles. The molecule has 0 radical (unpaired) electrons. The Balaban J connectivity index is 2.31. The van der Waals surface area contributed by atoms with Gasteiger partial charge in [-0.25, -0.2) is 0 Å². The van der Waals surface area contributed by atoms with Gasteiger partial charge in [0.05, 0.1) is 19.8 Å². The Labute approximate surface area is 125 Å². The maximum atomic E-state index is 10.2. The van der Waals surface area contributed by atoms with Crippen molar-refractivity contribution in [1.29, 1.82) is 0 Å². The summed E-state index contributed by atoms with van der Waals surface area (Å²) in [6.07, 6.45) is -0.862. The minimum absolute atomic E-state index is 0.292. The Morgan fingerprint density at radius 1 is 1.05 bits per heavy atom. The van der Waals surface area contributed by atoms with Gasteiger partial charge in [-0.2, -0.15) is 0 Å². The third kappa shape index (κ3) is 3.54. The SMILES string of the molecule is COc1ccc(N(C)[C@H](c2ccccc2)[C@@H](O)CO)cc1. The summed E-state index contributed by atoms with van der Waals surface area (Å²) in [5, 5.41) is 19.5. The molecule has 0 aliphatic heterocycles. The Hall–Kier alpha value is -2.04. The van der Waals surface area contributed by atoms with Gasteiger partial charge in [-0.3, -0.25) is 0 Å². The number of hydrogen-bond acceptors (Lipinski definition) is 4. The van der Waals surface area contributed by atoms with Crippen molar-refractivity contribution in [2.24, 2.45) is 0 Å². The largest absolute Gasteiger partial charge is 0.497 e. The van der Waals surface area contributed by atoms with Crippen molar-refractivity contribution in [2.75, 3.05) is 25.7 Å². The van der Waals surface area contributed by atoms with Crippen LogP contribution in [0.15, 0.2) is 54.6 Å². The molecule has 2 rings (SSSR count). The lowest BCUT2D eigenvalue weighted by Gasteiger charge is -2.33. The minimum atomic E-state index is -0.862. The van der Waals surface area contributed by atoms with Crippen molar-refractivity contribution in [2.45, 2.75) is 12.1 Å². The van der Waals surface area contributed by atoms with E-state index in [1.807, 2.05) is 66.5 Å². The van der Waals surface area contributed by atoms with E-state index in [1.54, 1.807) is 7.11 Å². The smallest absolute Gasteiger partial charge is 0.119 e. The predicted octanol–water partition coefficient (Wildman–Crippen LogP) is 2.23. The average Bonchev–Trinajstić information content (AvgIpc) is 2.55. The topological polar surface area (TPSA) is 52.9 Å². The normalized spacial score (nSPS) is 13.5. The van der Waals surface area contributed by atoms with E-state index >= 15 is 0 Å². The van der Waals surface area contributed by atoms with Gasteiger partial charge < -0.3 is 19.8 Å². The first-order valence-corrected chi connectivity index (χ1v) is 6.88. The molecule has 4 heteroatoms. The minimum Gasteiger partial charge on any atom is -0.497 e. The molecule has 4 nitrogen and oxygen atoms in total. The third-order valence-electron chi connectivity index (χ3n) is 3.59. The lowest BCUT2D eigenvalue weighted by molar-refractivity contribution is 0.0726. The van der Waals surface area contributed by atoms with Crippen LogP contribution in [-0.4, -0.2) is 37.1 Å². The van der Waals surface area contributed by atoms with E-state index in [4.69, 9.17) is 4.74 Å². The molecule has 0 spiro atoms. The van der Waals surface area contributed by atoms with Crippen molar-refractivity contribution in [3.8, 4) is 5.75 Å². The lowest BCUT2D eigenvalue weighted by atomic mass is 9.99. The molecular weight excluding hydrogens is 266 g/mol. The highest BCUT2D eigenvalue weighted by atomic mass is 16.5. The number of nitrogens with zero attached hydrogens (tertiary/aromatic N) is 1. The lowest BCUT2D eigenvalue weighted by Crippen LogP contribution is -2.36. The molecule has 2 N–H and O–H groups in total. The van der Waals surface area contributed by atoms with E-state index in [-0.39, 0.29) is 12.6 Å². The van der Waals surface area contributed by atoms with Crippen LogP contribution in [-0.2, 0) is 0 Å². The summed E-state index contributed by atoms with van der Waals surface area (Å²) in [5.41, 5.74) is 1.90. The van der Waals surface area contributed by atoms with E-state index in [9.17, 15) is 10.2 Å². The number of methoxy groups -OCH3 is 1.